The van der Waals surface area contributed by atoms with Crippen LogP contribution in [0.2, 0.25) is 5.02 Å². The maximum Gasteiger partial charge on any atom is 0.345 e. The van der Waals surface area contributed by atoms with E-state index >= 15 is 0 Å². The number of benzene rings is 2. The normalized spacial score (nSPS) is 11.5. The lowest BCUT2D eigenvalue weighted by molar-refractivity contribution is 0.0735. The number of hydrogen-bond acceptors (Lipinski definition) is 2. The number of aryl methyl sites for hydroxylation is 1. The predicted octanol–water partition coefficient (Wildman–Crippen LogP) is 6.35. The SMILES string of the molecule is C.CCc1ccc(C(=O)Oc2ccc(CC(C)CC)cc2)c(Cl)c1. The fourth-order valence-electron chi connectivity index (χ4n) is 2.35. The van der Waals surface area contributed by atoms with E-state index in [9.17, 15) is 4.79 Å². The minimum absolute atomic E-state index is 0. The summed E-state index contributed by atoms with van der Waals surface area (Å²) in [5.74, 6) is 0.769. The highest BCUT2D eigenvalue weighted by Crippen LogP contribution is 2.22. The number of hydrogen-bond donors (Lipinski definition) is 0. The number of carbonyl (C=O) groups excluding carboxylic acids is 1. The highest BCUT2D eigenvalue weighted by atomic mass is 35.5. The van der Waals surface area contributed by atoms with Crippen molar-refractivity contribution in [3.05, 3.63) is 64.2 Å². The van der Waals surface area contributed by atoms with Crippen molar-refractivity contribution in [2.75, 3.05) is 0 Å². The van der Waals surface area contributed by atoms with Gasteiger partial charge in [-0.05, 0) is 54.2 Å². The van der Waals surface area contributed by atoms with Crippen LogP contribution in [0.5, 0.6) is 5.75 Å². The Morgan fingerprint density at radius 2 is 1.71 bits per heavy atom. The third kappa shape index (κ3) is 5.38. The molecule has 2 nitrogen and oxygen atoms in total. The first-order valence-corrected chi connectivity index (χ1v) is 8.50. The molecular weight excluding hydrogens is 320 g/mol. The van der Waals surface area contributed by atoms with Crippen molar-refractivity contribution in [3.8, 4) is 5.75 Å². The summed E-state index contributed by atoms with van der Waals surface area (Å²) in [4.78, 5) is 12.2. The summed E-state index contributed by atoms with van der Waals surface area (Å²) in [5, 5.41) is 0.433. The highest BCUT2D eigenvalue weighted by Gasteiger charge is 2.13. The van der Waals surface area contributed by atoms with Crippen molar-refractivity contribution in [1.82, 2.24) is 0 Å². The van der Waals surface area contributed by atoms with Gasteiger partial charge < -0.3 is 4.74 Å². The minimum Gasteiger partial charge on any atom is -0.423 e. The molecule has 0 saturated heterocycles. The lowest BCUT2D eigenvalue weighted by atomic mass is 9.99. The van der Waals surface area contributed by atoms with E-state index in [1.165, 1.54) is 5.56 Å². The fraction of sp³-hybridized carbons (Fsp3) is 0.381. The van der Waals surface area contributed by atoms with E-state index in [0.717, 1.165) is 24.8 Å². The van der Waals surface area contributed by atoms with E-state index in [0.29, 0.717) is 22.3 Å². The second-order valence-electron chi connectivity index (χ2n) is 5.92. The van der Waals surface area contributed by atoms with Gasteiger partial charge in [-0.3, -0.25) is 0 Å². The second-order valence-corrected chi connectivity index (χ2v) is 6.33. The van der Waals surface area contributed by atoms with Crippen LogP contribution in [0.1, 0.15) is 56.1 Å². The zero-order valence-corrected chi connectivity index (χ0v) is 14.7. The van der Waals surface area contributed by atoms with Gasteiger partial charge in [0.25, 0.3) is 0 Å². The molecule has 2 aromatic rings. The Morgan fingerprint density at radius 1 is 1.08 bits per heavy atom. The van der Waals surface area contributed by atoms with Crippen LogP contribution in [0.4, 0.5) is 0 Å². The molecule has 0 saturated carbocycles. The lowest BCUT2D eigenvalue weighted by Gasteiger charge is -2.10. The van der Waals surface area contributed by atoms with Gasteiger partial charge in [0.2, 0.25) is 0 Å². The Morgan fingerprint density at radius 3 is 2.25 bits per heavy atom. The van der Waals surface area contributed by atoms with Crippen molar-refractivity contribution in [3.63, 3.8) is 0 Å². The van der Waals surface area contributed by atoms with Gasteiger partial charge in [0.05, 0.1) is 10.6 Å². The van der Waals surface area contributed by atoms with E-state index in [4.69, 9.17) is 16.3 Å². The van der Waals surface area contributed by atoms with Gasteiger partial charge in [-0.1, -0.05) is 64.4 Å². The van der Waals surface area contributed by atoms with Crippen LogP contribution < -0.4 is 4.74 Å². The second kappa shape index (κ2) is 9.48. The molecule has 3 heteroatoms. The van der Waals surface area contributed by atoms with Crippen LogP contribution >= 0.6 is 11.6 Å². The molecule has 2 aromatic carbocycles. The van der Waals surface area contributed by atoms with Crippen LogP contribution in [0, 0.1) is 5.92 Å². The molecule has 0 spiro atoms. The zero-order chi connectivity index (χ0) is 16.8. The van der Waals surface area contributed by atoms with Crippen LogP contribution in [-0.4, -0.2) is 5.97 Å². The van der Waals surface area contributed by atoms with Gasteiger partial charge in [0.1, 0.15) is 5.75 Å². The van der Waals surface area contributed by atoms with Crippen molar-refractivity contribution < 1.29 is 9.53 Å². The minimum atomic E-state index is -0.424. The molecule has 0 aliphatic rings. The smallest absolute Gasteiger partial charge is 0.345 e. The number of esters is 1. The van der Waals surface area contributed by atoms with E-state index in [2.05, 4.69) is 13.8 Å². The monoisotopic (exact) mass is 346 g/mol. The zero-order valence-electron chi connectivity index (χ0n) is 13.9. The van der Waals surface area contributed by atoms with Gasteiger partial charge in [-0.25, -0.2) is 4.79 Å². The molecule has 0 aromatic heterocycles. The first-order valence-electron chi connectivity index (χ1n) is 8.13. The molecule has 0 amide bonds. The molecular formula is C21H27ClO2. The molecule has 0 N–H and O–H groups in total. The summed E-state index contributed by atoms with van der Waals surface area (Å²) in [5.41, 5.74) is 2.75. The summed E-state index contributed by atoms with van der Waals surface area (Å²) in [6, 6.07) is 13.1. The molecule has 0 radical (unpaired) electrons. The Labute approximate surface area is 150 Å². The number of carbonyl (C=O) groups is 1. The van der Waals surface area contributed by atoms with E-state index in [-0.39, 0.29) is 7.43 Å². The third-order valence-corrected chi connectivity index (χ3v) is 4.39. The number of rotatable bonds is 6. The van der Waals surface area contributed by atoms with Crippen molar-refractivity contribution in [2.24, 2.45) is 5.92 Å². The first kappa shape index (κ1) is 20.2. The van der Waals surface area contributed by atoms with Crippen molar-refractivity contribution in [2.45, 2.75) is 47.5 Å². The molecule has 2 rings (SSSR count). The quantitative estimate of drug-likeness (QED) is 0.450. The van der Waals surface area contributed by atoms with Gasteiger partial charge in [0.15, 0.2) is 0 Å². The average molecular weight is 347 g/mol. The number of halogens is 1. The molecule has 1 atom stereocenters. The lowest BCUT2D eigenvalue weighted by Crippen LogP contribution is -2.09. The third-order valence-electron chi connectivity index (χ3n) is 4.08. The summed E-state index contributed by atoms with van der Waals surface area (Å²) in [6.07, 6.45) is 3.07. The van der Waals surface area contributed by atoms with Gasteiger partial charge >= 0.3 is 5.97 Å². The molecule has 0 bridgehead atoms. The predicted molar refractivity (Wildman–Crippen MR) is 102 cm³/mol. The number of ether oxygens (including phenoxy) is 1. The Hall–Kier alpha value is -1.80. The van der Waals surface area contributed by atoms with Crippen molar-refractivity contribution >= 4 is 17.6 Å². The van der Waals surface area contributed by atoms with E-state index in [1.54, 1.807) is 6.07 Å². The Kier molecular flexibility index (Phi) is 8.00. The molecule has 0 aliphatic heterocycles. The van der Waals surface area contributed by atoms with Crippen LogP contribution in [0.3, 0.4) is 0 Å². The van der Waals surface area contributed by atoms with Gasteiger partial charge in [0, 0.05) is 0 Å². The van der Waals surface area contributed by atoms with Crippen molar-refractivity contribution in [1.29, 1.82) is 0 Å². The van der Waals surface area contributed by atoms with Gasteiger partial charge in [-0.2, -0.15) is 0 Å². The van der Waals surface area contributed by atoms with Crippen LogP contribution in [0.15, 0.2) is 42.5 Å². The first-order chi connectivity index (χ1) is 11.0. The molecule has 0 fully saturated rings. The van der Waals surface area contributed by atoms with Gasteiger partial charge in [-0.15, -0.1) is 0 Å². The topological polar surface area (TPSA) is 26.3 Å². The fourth-order valence-corrected chi connectivity index (χ4v) is 2.63. The molecule has 130 valence electrons. The van der Waals surface area contributed by atoms with Crippen LogP contribution in [0.25, 0.3) is 0 Å². The maximum atomic E-state index is 12.2. The molecule has 0 aliphatic carbocycles. The van der Waals surface area contributed by atoms with Crippen LogP contribution in [-0.2, 0) is 12.8 Å². The summed E-state index contributed by atoms with van der Waals surface area (Å²) in [7, 11) is 0. The largest absolute Gasteiger partial charge is 0.423 e. The molecule has 1 unspecified atom stereocenters. The van der Waals surface area contributed by atoms with E-state index < -0.39 is 5.97 Å². The summed E-state index contributed by atoms with van der Waals surface area (Å²) in [6.45, 7) is 6.47. The average Bonchev–Trinajstić information content (AvgIpc) is 2.56. The highest BCUT2D eigenvalue weighted by molar-refractivity contribution is 6.33. The Balaban J connectivity index is 0.00000288. The molecule has 0 heterocycles. The summed E-state index contributed by atoms with van der Waals surface area (Å²) < 4.78 is 5.42. The maximum absolute atomic E-state index is 12.2. The van der Waals surface area contributed by atoms with E-state index in [1.807, 2.05) is 43.3 Å². The summed E-state index contributed by atoms with van der Waals surface area (Å²) >= 11 is 6.17. The molecule has 24 heavy (non-hydrogen) atoms. The standard InChI is InChI=1S/C20H23ClO2.CH4/c1-4-14(3)12-16-6-9-17(10-7-16)23-20(22)18-11-8-15(5-2)13-19(18)21;/h6-11,13-14H,4-5,12H2,1-3H3;1H4. The Bertz CT molecular complexity index is 662.